The van der Waals surface area contributed by atoms with E-state index in [1.807, 2.05) is 24.0 Å². The Morgan fingerprint density at radius 3 is 2.75 bits per heavy atom. The van der Waals surface area contributed by atoms with Gasteiger partial charge in [-0.25, -0.2) is 4.98 Å². The summed E-state index contributed by atoms with van der Waals surface area (Å²) in [5.41, 5.74) is 1.28. The first-order chi connectivity index (χ1) is 9.56. The lowest BCUT2D eigenvalue weighted by molar-refractivity contribution is 0.550. The third-order valence-electron chi connectivity index (χ3n) is 3.47. The van der Waals surface area contributed by atoms with Crippen molar-refractivity contribution in [2.75, 3.05) is 30.5 Å². The highest BCUT2D eigenvalue weighted by atomic mass is 32.2. The van der Waals surface area contributed by atoms with Gasteiger partial charge in [-0.2, -0.15) is 11.8 Å². The lowest BCUT2D eigenvalue weighted by Crippen LogP contribution is -2.31. The monoisotopic (exact) mass is 295 g/mol. The van der Waals surface area contributed by atoms with Crippen LogP contribution in [0.25, 0.3) is 0 Å². The quantitative estimate of drug-likeness (QED) is 0.756. The molecule has 4 heteroatoms. The van der Waals surface area contributed by atoms with Crippen LogP contribution in [0.3, 0.4) is 0 Å². The fourth-order valence-electron chi connectivity index (χ4n) is 2.07. The predicted octanol–water partition coefficient (Wildman–Crippen LogP) is 3.41. The highest BCUT2D eigenvalue weighted by molar-refractivity contribution is 7.98. The van der Waals surface area contributed by atoms with Gasteiger partial charge < -0.3 is 10.2 Å². The molecule has 20 heavy (non-hydrogen) atoms. The highest BCUT2D eigenvalue weighted by Crippen LogP contribution is 2.19. The van der Waals surface area contributed by atoms with E-state index in [0.717, 1.165) is 18.9 Å². The lowest BCUT2D eigenvalue weighted by atomic mass is 10.1. The number of thioether (sulfide) groups is 1. The summed E-state index contributed by atoms with van der Waals surface area (Å²) in [6.07, 6.45) is 5.24. The number of anilines is 1. The average molecular weight is 295 g/mol. The second kappa shape index (κ2) is 9.24. The van der Waals surface area contributed by atoms with E-state index in [-0.39, 0.29) is 0 Å². The Hall–Kier alpha value is -0.740. The van der Waals surface area contributed by atoms with Crippen LogP contribution in [0.5, 0.6) is 0 Å². The first-order valence-corrected chi connectivity index (χ1v) is 8.82. The molecule has 0 saturated heterocycles. The maximum absolute atomic E-state index is 4.58. The molecule has 1 heterocycles. The Morgan fingerprint density at radius 2 is 2.10 bits per heavy atom. The normalized spacial score (nSPS) is 12.7. The van der Waals surface area contributed by atoms with Gasteiger partial charge >= 0.3 is 0 Å². The van der Waals surface area contributed by atoms with Gasteiger partial charge in [0.05, 0.1) is 0 Å². The molecular weight excluding hydrogens is 266 g/mol. The molecule has 0 saturated carbocycles. The summed E-state index contributed by atoms with van der Waals surface area (Å²) in [5, 5.41) is 3.51. The van der Waals surface area contributed by atoms with Crippen LogP contribution in [-0.4, -0.2) is 36.6 Å². The Bertz CT molecular complexity index is 382. The zero-order valence-corrected chi connectivity index (χ0v) is 14.3. The Labute approximate surface area is 128 Å². The van der Waals surface area contributed by atoms with E-state index in [2.05, 4.69) is 55.3 Å². The molecule has 0 spiro atoms. The molecule has 3 nitrogen and oxygen atoms in total. The van der Waals surface area contributed by atoms with Crippen molar-refractivity contribution in [1.29, 1.82) is 0 Å². The van der Waals surface area contributed by atoms with Gasteiger partial charge in [0.25, 0.3) is 0 Å². The number of rotatable bonds is 9. The molecule has 0 aromatic carbocycles. The Kier molecular flexibility index (Phi) is 8.00. The second-order valence-electron chi connectivity index (χ2n) is 5.75. The van der Waals surface area contributed by atoms with Gasteiger partial charge in [-0.3, -0.25) is 0 Å². The third kappa shape index (κ3) is 5.71. The van der Waals surface area contributed by atoms with Crippen LogP contribution in [0.15, 0.2) is 18.3 Å². The van der Waals surface area contributed by atoms with Crippen molar-refractivity contribution in [2.24, 2.45) is 5.92 Å². The van der Waals surface area contributed by atoms with Crippen LogP contribution in [0.4, 0.5) is 5.82 Å². The molecule has 1 rings (SSSR count). The van der Waals surface area contributed by atoms with Gasteiger partial charge in [-0.1, -0.05) is 19.9 Å². The van der Waals surface area contributed by atoms with Crippen molar-refractivity contribution in [2.45, 2.75) is 39.8 Å². The van der Waals surface area contributed by atoms with Gasteiger partial charge in [-0.15, -0.1) is 0 Å². The van der Waals surface area contributed by atoms with E-state index in [1.54, 1.807) is 0 Å². The van der Waals surface area contributed by atoms with Gasteiger partial charge in [0.1, 0.15) is 5.82 Å². The molecule has 1 atom stereocenters. The van der Waals surface area contributed by atoms with Crippen molar-refractivity contribution in [3.05, 3.63) is 23.9 Å². The van der Waals surface area contributed by atoms with Crippen molar-refractivity contribution >= 4 is 17.6 Å². The molecule has 1 unspecified atom stereocenters. The summed E-state index contributed by atoms with van der Waals surface area (Å²) in [6.45, 7) is 8.67. The minimum atomic E-state index is 0.515. The number of hydrogen-bond donors (Lipinski definition) is 1. The number of nitrogens with zero attached hydrogens (tertiary/aromatic N) is 2. The molecule has 0 aliphatic heterocycles. The SMILES string of the molecule is CSCCC(C)N(C)c1ncccc1CNCC(C)C. The fourth-order valence-corrected chi connectivity index (χ4v) is 2.65. The standard InChI is InChI=1S/C16H29N3S/c1-13(2)11-17-12-15-7-6-9-18-16(15)19(4)14(3)8-10-20-5/h6-7,9,13-14,17H,8,10-12H2,1-5H3. The van der Waals surface area contributed by atoms with Crippen LogP contribution < -0.4 is 10.2 Å². The topological polar surface area (TPSA) is 28.2 Å². The van der Waals surface area contributed by atoms with Gasteiger partial charge in [0.15, 0.2) is 0 Å². The molecule has 0 fully saturated rings. The van der Waals surface area contributed by atoms with E-state index >= 15 is 0 Å². The van der Waals surface area contributed by atoms with Crippen LogP contribution in [-0.2, 0) is 6.54 Å². The van der Waals surface area contributed by atoms with Crippen LogP contribution in [0.1, 0.15) is 32.8 Å². The first kappa shape index (κ1) is 17.3. The van der Waals surface area contributed by atoms with E-state index in [9.17, 15) is 0 Å². The fraction of sp³-hybridized carbons (Fsp3) is 0.688. The molecule has 0 aliphatic rings. The van der Waals surface area contributed by atoms with E-state index in [4.69, 9.17) is 0 Å². The van der Waals surface area contributed by atoms with Gasteiger partial charge in [-0.05, 0) is 43.9 Å². The summed E-state index contributed by atoms with van der Waals surface area (Å²) >= 11 is 1.90. The summed E-state index contributed by atoms with van der Waals surface area (Å²) in [6, 6.07) is 4.71. The molecule has 1 N–H and O–H groups in total. The number of aromatic nitrogens is 1. The van der Waals surface area contributed by atoms with E-state index in [0.29, 0.717) is 12.0 Å². The molecular formula is C16H29N3S. The lowest BCUT2D eigenvalue weighted by Gasteiger charge is -2.28. The molecule has 1 aromatic heterocycles. The van der Waals surface area contributed by atoms with Crippen molar-refractivity contribution in [3.63, 3.8) is 0 Å². The van der Waals surface area contributed by atoms with E-state index in [1.165, 1.54) is 17.7 Å². The predicted molar refractivity (Wildman–Crippen MR) is 91.6 cm³/mol. The smallest absolute Gasteiger partial charge is 0.132 e. The second-order valence-corrected chi connectivity index (χ2v) is 6.74. The third-order valence-corrected chi connectivity index (χ3v) is 4.11. The maximum atomic E-state index is 4.58. The van der Waals surface area contributed by atoms with Crippen LogP contribution >= 0.6 is 11.8 Å². The van der Waals surface area contributed by atoms with Gasteiger partial charge in [0.2, 0.25) is 0 Å². The van der Waals surface area contributed by atoms with Crippen molar-refractivity contribution < 1.29 is 0 Å². The molecule has 0 bridgehead atoms. The number of pyridine rings is 1. The summed E-state index contributed by atoms with van der Waals surface area (Å²) < 4.78 is 0. The summed E-state index contributed by atoms with van der Waals surface area (Å²) in [4.78, 5) is 6.89. The first-order valence-electron chi connectivity index (χ1n) is 7.42. The Morgan fingerprint density at radius 1 is 1.35 bits per heavy atom. The van der Waals surface area contributed by atoms with Crippen LogP contribution in [0.2, 0.25) is 0 Å². The average Bonchev–Trinajstić information content (AvgIpc) is 2.44. The molecule has 114 valence electrons. The zero-order chi connectivity index (χ0) is 15.0. The van der Waals surface area contributed by atoms with Crippen molar-refractivity contribution in [1.82, 2.24) is 10.3 Å². The summed E-state index contributed by atoms with van der Waals surface area (Å²) in [7, 11) is 2.15. The number of hydrogen-bond acceptors (Lipinski definition) is 4. The van der Waals surface area contributed by atoms with Crippen LogP contribution in [0, 0.1) is 5.92 Å². The molecule has 0 radical (unpaired) electrons. The maximum Gasteiger partial charge on any atom is 0.132 e. The molecule has 0 amide bonds. The largest absolute Gasteiger partial charge is 0.357 e. The minimum absolute atomic E-state index is 0.515. The molecule has 1 aromatic rings. The zero-order valence-electron chi connectivity index (χ0n) is 13.5. The number of nitrogens with one attached hydrogen (secondary N) is 1. The molecule has 0 aliphatic carbocycles. The van der Waals surface area contributed by atoms with E-state index < -0.39 is 0 Å². The van der Waals surface area contributed by atoms with Gasteiger partial charge in [0, 0.05) is 31.4 Å². The Balaban J connectivity index is 2.68. The minimum Gasteiger partial charge on any atom is -0.357 e. The highest BCUT2D eigenvalue weighted by Gasteiger charge is 2.14. The van der Waals surface area contributed by atoms with Crippen molar-refractivity contribution in [3.8, 4) is 0 Å². The summed E-state index contributed by atoms with van der Waals surface area (Å²) in [5.74, 6) is 2.98.